The van der Waals surface area contributed by atoms with Crippen molar-refractivity contribution in [3.05, 3.63) is 41.7 Å². The molecule has 1 N–H and O–H groups in total. The van der Waals surface area contributed by atoms with Crippen LogP contribution in [0.25, 0.3) is 0 Å². The molecule has 0 amide bonds. The number of halogens is 1. The van der Waals surface area contributed by atoms with Crippen LogP contribution in [0.5, 0.6) is 0 Å². The van der Waals surface area contributed by atoms with E-state index in [-0.39, 0.29) is 35.1 Å². The van der Waals surface area contributed by atoms with Gasteiger partial charge in [-0.15, -0.1) is 0 Å². The quantitative estimate of drug-likeness (QED) is 0.592. The third kappa shape index (κ3) is 3.48. The first-order valence-corrected chi connectivity index (χ1v) is 11.7. The van der Waals surface area contributed by atoms with Crippen LogP contribution in [0, 0.1) is 29.0 Å². The standard InChI is InChI=1S/C25H33FN2O3/c1-16-4-3-5-17-14-21-22(23(29)25(16,17)2)20(24(30)31-21)15-27-10-12-28(13-11-27)19-8-6-18(26)7-9-19/h5-9,16,20-23,29H,3-4,10-15H2,1-2H3/t16-,20-,21-,22+,23+,25-/m1/s1. The zero-order valence-corrected chi connectivity index (χ0v) is 18.5. The molecule has 1 aromatic rings. The molecule has 6 heteroatoms. The van der Waals surface area contributed by atoms with Gasteiger partial charge in [0.25, 0.3) is 0 Å². The Bertz CT molecular complexity index is 864. The Labute approximate surface area is 183 Å². The largest absolute Gasteiger partial charge is 0.461 e. The topological polar surface area (TPSA) is 53.0 Å². The molecule has 0 spiro atoms. The molecule has 3 fully saturated rings. The summed E-state index contributed by atoms with van der Waals surface area (Å²) in [5.74, 6) is -0.374. The predicted octanol–water partition coefficient (Wildman–Crippen LogP) is 3.23. The fourth-order valence-electron chi connectivity index (χ4n) is 6.39. The van der Waals surface area contributed by atoms with Gasteiger partial charge in [0.15, 0.2) is 0 Å². The Morgan fingerprint density at radius 1 is 1.19 bits per heavy atom. The fraction of sp³-hybridized carbons (Fsp3) is 0.640. The van der Waals surface area contributed by atoms with Gasteiger partial charge in [0.05, 0.1) is 12.0 Å². The Kier molecular flexibility index (Phi) is 5.33. The first-order chi connectivity index (χ1) is 14.9. The second kappa shape index (κ2) is 7.89. The Morgan fingerprint density at radius 3 is 2.61 bits per heavy atom. The number of rotatable bonds is 3. The number of ether oxygens (including phenoxy) is 1. The normalized spacial score (nSPS) is 38.3. The molecule has 2 heterocycles. The molecule has 5 rings (SSSR count). The average molecular weight is 429 g/mol. The van der Waals surface area contributed by atoms with E-state index in [1.54, 1.807) is 0 Å². The molecular formula is C25H33FN2O3. The third-order valence-corrected chi connectivity index (χ3v) is 8.59. The van der Waals surface area contributed by atoms with Crippen LogP contribution >= 0.6 is 0 Å². The van der Waals surface area contributed by atoms with Gasteiger partial charge in [-0.2, -0.15) is 0 Å². The van der Waals surface area contributed by atoms with Gasteiger partial charge in [-0.3, -0.25) is 9.69 Å². The van der Waals surface area contributed by atoms with Crippen molar-refractivity contribution in [1.82, 2.24) is 4.90 Å². The van der Waals surface area contributed by atoms with Crippen molar-refractivity contribution in [2.45, 2.75) is 45.3 Å². The summed E-state index contributed by atoms with van der Waals surface area (Å²) >= 11 is 0. The number of hydrogen-bond donors (Lipinski definition) is 1. The molecule has 0 radical (unpaired) electrons. The summed E-state index contributed by atoms with van der Waals surface area (Å²) in [6, 6.07) is 6.63. The van der Waals surface area contributed by atoms with Gasteiger partial charge in [-0.05, 0) is 43.0 Å². The van der Waals surface area contributed by atoms with Gasteiger partial charge in [0, 0.05) is 56.2 Å². The van der Waals surface area contributed by atoms with Crippen molar-refractivity contribution in [2.24, 2.45) is 23.2 Å². The summed E-state index contributed by atoms with van der Waals surface area (Å²) in [5, 5.41) is 11.5. The molecule has 2 aliphatic heterocycles. The van der Waals surface area contributed by atoms with Crippen LogP contribution in [0.3, 0.4) is 0 Å². The van der Waals surface area contributed by atoms with Gasteiger partial charge >= 0.3 is 5.97 Å². The molecular weight excluding hydrogens is 395 g/mol. The number of aliphatic hydroxyl groups excluding tert-OH is 1. The van der Waals surface area contributed by atoms with Crippen LogP contribution in [0.15, 0.2) is 35.9 Å². The van der Waals surface area contributed by atoms with Gasteiger partial charge in [-0.25, -0.2) is 4.39 Å². The number of benzene rings is 1. The van der Waals surface area contributed by atoms with E-state index in [4.69, 9.17) is 4.74 Å². The monoisotopic (exact) mass is 428 g/mol. The molecule has 6 atom stereocenters. The number of allylic oxidation sites excluding steroid dienone is 1. The maximum Gasteiger partial charge on any atom is 0.311 e. The summed E-state index contributed by atoms with van der Waals surface area (Å²) in [4.78, 5) is 17.4. The van der Waals surface area contributed by atoms with Crippen LogP contribution in [0.2, 0.25) is 0 Å². The summed E-state index contributed by atoms with van der Waals surface area (Å²) in [6.07, 6.45) is 4.42. The highest BCUT2D eigenvalue weighted by Gasteiger charge is 2.59. The summed E-state index contributed by atoms with van der Waals surface area (Å²) < 4.78 is 19.0. The van der Waals surface area contributed by atoms with E-state index in [1.807, 2.05) is 12.1 Å². The predicted molar refractivity (Wildman–Crippen MR) is 117 cm³/mol. The number of piperazine rings is 1. The Balaban J connectivity index is 1.27. The summed E-state index contributed by atoms with van der Waals surface area (Å²) in [7, 11) is 0. The minimum Gasteiger partial charge on any atom is -0.461 e. The minimum atomic E-state index is -0.551. The van der Waals surface area contributed by atoms with E-state index >= 15 is 0 Å². The molecule has 168 valence electrons. The van der Waals surface area contributed by atoms with E-state index in [0.717, 1.165) is 51.1 Å². The lowest BCUT2D eigenvalue weighted by Gasteiger charge is -2.52. The van der Waals surface area contributed by atoms with Crippen LogP contribution in [0.4, 0.5) is 10.1 Å². The first-order valence-electron chi connectivity index (χ1n) is 11.7. The molecule has 0 bridgehead atoms. The van der Waals surface area contributed by atoms with Crippen LogP contribution in [-0.4, -0.2) is 60.9 Å². The number of esters is 1. The smallest absolute Gasteiger partial charge is 0.311 e. The number of nitrogens with zero attached hydrogens (tertiary/aromatic N) is 2. The second-order valence-electron chi connectivity index (χ2n) is 10.1. The van der Waals surface area contributed by atoms with E-state index in [0.29, 0.717) is 12.5 Å². The highest BCUT2D eigenvalue weighted by molar-refractivity contribution is 5.76. The molecule has 0 unspecified atom stereocenters. The summed E-state index contributed by atoms with van der Waals surface area (Å²) in [6.45, 7) is 8.42. The van der Waals surface area contributed by atoms with E-state index < -0.39 is 6.10 Å². The Morgan fingerprint density at radius 2 is 1.90 bits per heavy atom. The Hall–Kier alpha value is -1.92. The zero-order valence-electron chi connectivity index (χ0n) is 18.5. The second-order valence-corrected chi connectivity index (χ2v) is 10.1. The van der Waals surface area contributed by atoms with Crippen LogP contribution in [-0.2, 0) is 9.53 Å². The van der Waals surface area contributed by atoms with Gasteiger partial charge in [0.2, 0.25) is 0 Å². The molecule has 2 aliphatic carbocycles. The fourth-order valence-corrected chi connectivity index (χ4v) is 6.39. The van der Waals surface area contributed by atoms with Crippen molar-refractivity contribution < 1.29 is 19.0 Å². The van der Waals surface area contributed by atoms with Crippen LogP contribution < -0.4 is 4.90 Å². The molecule has 1 aromatic carbocycles. The van der Waals surface area contributed by atoms with E-state index in [9.17, 15) is 14.3 Å². The van der Waals surface area contributed by atoms with Crippen LogP contribution in [0.1, 0.15) is 33.1 Å². The lowest BCUT2D eigenvalue weighted by atomic mass is 9.55. The molecule has 5 nitrogen and oxygen atoms in total. The van der Waals surface area contributed by atoms with Crippen molar-refractivity contribution >= 4 is 11.7 Å². The highest BCUT2D eigenvalue weighted by atomic mass is 19.1. The number of carbonyl (C=O) groups is 1. The number of anilines is 1. The van der Waals surface area contributed by atoms with Gasteiger partial charge in [0.1, 0.15) is 11.9 Å². The average Bonchev–Trinajstić information content (AvgIpc) is 3.07. The lowest BCUT2D eigenvalue weighted by Crippen LogP contribution is -2.55. The SMILES string of the molecule is C[C@@H]1CCC=C2C[C@H]3OC(=O)[C@H](CN4CCN(c5ccc(F)cc5)CC4)[C@@H]3[C@H](O)[C@@]21C. The number of hydrogen-bond acceptors (Lipinski definition) is 5. The lowest BCUT2D eigenvalue weighted by molar-refractivity contribution is -0.145. The molecule has 0 aromatic heterocycles. The van der Waals surface area contributed by atoms with E-state index in [2.05, 4.69) is 29.7 Å². The zero-order chi connectivity index (χ0) is 21.8. The molecule has 2 saturated heterocycles. The molecule has 4 aliphatic rings. The highest BCUT2D eigenvalue weighted by Crippen LogP contribution is 2.56. The minimum absolute atomic E-state index is 0.134. The number of aliphatic hydroxyl groups is 1. The van der Waals surface area contributed by atoms with Gasteiger partial charge < -0.3 is 14.7 Å². The van der Waals surface area contributed by atoms with Crippen molar-refractivity contribution in [2.75, 3.05) is 37.6 Å². The molecule has 31 heavy (non-hydrogen) atoms. The number of carbonyl (C=O) groups excluding carboxylic acids is 1. The maximum atomic E-state index is 13.2. The molecule has 1 saturated carbocycles. The third-order valence-electron chi connectivity index (χ3n) is 8.59. The number of fused-ring (bicyclic) bond motifs is 2. The van der Waals surface area contributed by atoms with Crippen molar-refractivity contribution in [3.63, 3.8) is 0 Å². The summed E-state index contributed by atoms with van der Waals surface area (Å²) in [5.41, 5.74) is 2.05. The van der Waals surface area contributed by atoms with Crippen molar-refractivity contribution in [3.8, 4) is 0 Å². The van der Waals surface area contributed by atoms with Crippen molar-refractivity contribution in [1.29, 1.82) is 0 Å². The maximum absolute atomic E-state index is 13.2. The van der Waals surface area contributed by atoms with Gasteiger partial charge in [-0.1, -0.05) is 25.5 Å². The van der Waals surface area contributed by atoms with E-state index in [1.165, 1.54) is 17.7 Å². The first kappa shape index (κ1) is 21.0.